The predicted molar refractivity (Wildman–Crippen MR) is 66.9 cm³/mol. The Labute approximate surface area is 95.2 Å². The maximum absolute atomic E-state index is 6.14. The second-order valence-corrected chi connectivity index (χ2v) is 5.34. The Balaban J connectivity index is 2.56. The summed E-state index contributed by atoms with van der Waals surface area (Å²) < 4.78 is 0. The smallest absolute Gasteiger partial charge is 0.0116 e. The lowest BCUT2D eigenvalue weighted by Crippen LogP contribution is -2.51. The third kappa shape index (κ3) is 3.18. The molecule has 1 heterocycles. The van der Waals surface area contributed by atoms with Crippen LogP contribution in [-0.2, 0) is 0 Å². The first-order chi connectivity index (χ1) is 7.10. The molecule has 3 atom stereocenters. The van der Waals surface area contributed by atoms with E-state index in [1.165, 1.54) is 32.4 Å². The molecule has 1 saturated heterocycles. The Morgan fingerprint density at radius 3 is 2.47 bits per heavy atom. The molecule has 1 aliphatic rings. The molecule has 0 bridgehead atoms. The fourth-order valence-corrected chi connectivity index (χ4v) is 2.96. The standard InChI is InChI=1S/C13H28N2/c1-5-11-9-15(8-7-12(11)14)13(6-2)10(3)4/h10-13H,5-9,14H2,1-4H3. The van der Waals surface area contributed by atoms with E-state index in [1.54, 1.807) is 0 Å². The highest BCUT2D eigenvalue weighted by atomic mass is 15.2. The molecule has 0 spiro atoms. The number of likely N-dealkylation sites (tertiary alicyclic amines) is 1. The molecule has 3 unspecified atom stereocenters. The molecule has 0 aliphatic carbocycles. The molecule has 2 nitrogen and oxygen atoms in total. The first kappa shape index (κ1) is 13.0. The third-order valence-electron chi connectivity index (χ3n) is 4.01. The van der Waals surface area contributed by atoms with Crippen molar-refractivity contribution in [3.05, 3.63) is 0 Å². The molecule has 90 valence electrons. The van der Waals surface area contributed by atoms with Crippen LogP contribution in [-0.4, -0.2) is 30.1 Å². The summed E-state index contributed by atoms with van der Waals surface area (Å²) >= 11 is 0. The second kappa shape index (κ2) is 5.86. The average molecular weight is 212 g/mol. The van der Waals surface area contributed by atoms with Gasteiger partial charge in [0.05, 0.1) is 0 Å². The zero-order valence-electron chi connectivity index (χ0n) is 10.9. The van der Waals surface area contributed by atoms with Crippen LogP contribution >= 0.6 is 0 Å². The molecule has 0 aromatic carbocycles. The highest BCUT2D eigenvalue weighted by Gasteiger charge is 2.29. The van der Waals surface area contributed by atoms with Crippen LogP contribution in [0, 0.1) is 11.8 Å². The van der Waals surface area contributed by atoms with Crippen LogP contribution in [0.3, 0.4) is 0 Å². The van der Waals surface area contributed by atoms with Crippen LogP contribution in [0.1, 0.15) is 47.0 Å². The fraction of sp³-hybridized carbons (Fsp3) is 1.00. The minimum atomic E-state index is 0.441. The zero-order valence-corrected chi connectivity index (χ0v) is 10.9. The summed E-state index contributed by atoms with van der Waals surface area (Å²) in [5, 5.41) is 0. The number of hydrogen-bond donors (Lipinski definition) is 1. The van der Waals surface area contributed by atoms with Gasteiger partial charge in [-0.2, -0.15) is 0 Å². The molecule has 0 saturated carbocycles. The van der Waals surface area contributed by atoms with Gasteiger partial charge in [-0.15, -0.1) is 0 Å². The maximum Gasteiger partial charge on any atom is 0.0116 e. The lowest BCUT2D eigenvalue weighted by atomic mass is 9.88. The van der Waals surface area contributed by atoms with Crippen molar-refractivity contribution in [1.82, 2.24) is 4.90 Å². The summed E-state index contributed by atoms with van der Waals surface area (Å²) in [5.41, 5.74) is 6.14. The van der Waals surface area contributed by atoms with Crippen molar-refractivity contribution in [1.29, 1.82) is 0 Å². The molecule has 0 radical (unpaired) electrons. The van der Waals surface area contributed by atoms with E-state index in [2.05, 4.69) is 32.6 Å². The van der Waals surface area contributed by atoms with E-state index in [9.17, 15) is 0 Å². The van der Waals surface area contributed by atoms with Crippen LogP contribution in [0.5, 0.6) is 0 Å². The number of piperidine rings is 1. The van der Waals surface area contributed by atoms with Crippen molar-refractivity contribution >= 4 is 0 Å². The summed E-state index contributed by atoms with van der Waals surface area (Å²) in [6, 6.07) is 1.20. The van der Waals surface area contributed by atoms with Gasteiger partial charge < -0.3 is 5.73 Å². The zero-order chi connectivity index (χ0) is 11.4. The van der Waals surface area contributed by atoms with Gasteiger partial charge in [0.2, 0.25) is 0 Å². The normalized spacial score (nSPS) is 30.8. The minimum Gasteiger partial charge on any atom is -0.327 e. The van der Waals surface area contributed by atoms with E-state index >= 15 is 0 Å². The Morgan fingerprint density at radius 1 is 1.33 bits per heavy atom. The largest absolute Gasteiger partial charge is 0.327 e. The summed E-state index contributed by atoms with van der Waals surface area (Å²) in [6.07, 6.45) is 3.68. The van der Waals surface area contributed by atoms with Crippen molar-refractivity contribution in [2.24, 2.45) is 17.6 Å². The van der Waals surface area contributed by atoms with E-state index in [1.807, 2.05) is 0 Å². The van der Waals surface area contributed by atoms with E-state index in [0.29, 0.717) is 12.0 Å². The summed E-state index contributed by atoms with van der Waals surface area (Å²) in [7, 11) is 0. The van der Waals surface area contributed by atoms with Gasteiger partial charge >= 0.3 is 0 Å². The van der Waals surface area contributed by atoms with E-state index in [-0.39, 0.29) is 0 Å². The van der Waals surface area contributed by atoms with E-state index < -0.39 is 0 Å². The first-order valence-electron chi connectivity index (χ1n) is 6.59. The molecule has 1 fully saturated rings. The summed E-state index contributed by atoms with van der Waals surface area (Å²) in [4.78, 5) is 2.67. The van der Waals surface area contributed by atoms with Gasteiger partial charge in [0.15, 0.2) is 0 Å². The molecular weight excluding hydrogens is 184 g/mol. The Morgan fingerprint density at radius 2 is 2.00 bits per heavy atom. The lowest BCUT2D eigenvalue weighted by Gasteiger charge is -2.42. The van der Waals surface area contributed by atoms with Crippen LogP contribution in [0.2, 0.25) is 0 Å². The molecular formula is C13H28N2. The minimum absolute atomic E-state index is 0.441. The molecule has 0 aromatic heterocycles. The van der Waals surface area contributed by atoms with Gasteiger partial charge in [-0.05, 0) is 31.2 Å². The molecule has 15 heavy (non-hydrogen) atoms. The predicted octanol–water partition coefficient (Wildman–Crippen LogP) is 2.48. The fourth-order valence-electron chi connectivity index (χ4n) is 2.96. The van der Waals surface area contributed by atoms with E-state index in [0.717, 1.165) is 12.0 Å². The monoisotopic (exact) mass is 212 g/mol. The van der Waals surface area contributed by atoms with Crippen LogP contribution in [0.4, 0.5) is 0 Å². The molecule has 1 rings (SSSR count). The van der Waals surface area contributed by atoms with Crippen molar-refractivity contribution in [2.45, 2.75) is 59.0 Å². The molecule has 2 heteroatoms. The van der Waals surface area contributed by atoms with Crippen LogP contribution in [0.15, 0.2) is 0 Å². The summed E-state index contributed by atoms with van der Waals surface area (Å²) in [5.74, 6) is 1.48. The average Bonchev–Trinajstić information content (AvgIpc) is 2.21. The van der Waals surface area contributed by atoms with Crippen molar-refractivity contribution in [2.75, 3.05) is 13.1 Å². The number of nitrogens with two attached hydrogens (primary N) is 1. The maximum atomic E-state index is 6.14. The van der Waals surface area contributed by atoms with Crippen LogP contribution in [0.25, 0.3) is 0 Å². The number of rotatable bonds is 4. The van der Waals surface area contributed by atoms with Gasteiger partial charge in [0, 0.05) is 18.6 Å². The van der Waals surface area contributed by atoms with Crippen molar-refractivity contribution in [3.8, 4) is 0 Å². The Bertz CT molecular complexity index is 179. The van der Waals surface area contributed by atoms with Crippen molar-refractivity contribution in [3.63, 3.8) is 0 Å². The van der Waals surface area contributed by atoms with Crippen LogP contribution < -0.4 is 5.73 Å². The number of nitrogens with zero attached hydrogens (tertiary/aromatic N) is 1. The second-order valence-electron chi connectivity index (χ2n) is 5.34. The SMILES string of the molecule is CCC1CN(C(CC)C(C)C)CCC1N. The first-order valence-corrected chi connectivity index (χ1v) is 6.59. The molecule has 1 aliphatic heterocycles. The molecule has 2 N–H and O–H groups in total. The highest BCUT2D eigenvalue weighted by molar-refractivity contribution is 4.86. The molecule has 0 aromatic rings. The van der Waals surface area contributed by atoms with Gasteiger partial charge in [0.25, 0.3) is 0 Å². The van der Waals surface area contributed by atoms with Gasteiger partial charge in [-0.3, -0.25) is 4.90 Å². The lowest BCUT2D eigenvalue weighted by molar-refractivity contribution is 0.0803. The highest BCUT2D eigenvalue weighted by Crippen LogP contribution is 2.24. The van der Waals surface area contributed by atoms with Gasteiger partial charge in [-0.25, -0.2) is 0 Å². The summed E-state index contributed by atoms with van der Waals surface area (Å²) in [6.45, 7) is 11.7. The molecule has 0 amide bonds. The Hall–Kier alpha value is -0.0800. The van der Waals surface area contributed by atoms with Gasteiger partial charge in [-0.1, -0.05) is 34.1 Å². The van der Waals surface area contributed by atoms with Crippen molar-refractivity contribution < 1.29 is 0 Å². The topological polar surface area (TPSA) is 29.3 Å². The Kier molecular flexibility index (Phi) is 5.07. The third-order valence-corrected chi connectivity index (χ3v) is 4.01. The van der Waals surface area contributed by atoms with E-state index in [4.69, 9.17) is 5.73 Å². The van der Waals surface area contributed by atoms with Gasteiger partial charge in [0.1, 0.15) is 0 Å². The number of hydrogen-bond acceptors (Lipinski definition) is 2. The quantitative estimate of drug-likeness (QED) is 0.776.